The van der Waals surface area contributed by atoms with Gasteiger partial charge in [-0.05, 0) is 55.7 Å². The number of rotatable bonds is 5. The van der Waals surface area contributed by atoms with Crippen molar-refractivity contribution in [1.29, 1.82) is 0 Å². The summed E-state index contributed by atoms with van der Waals surface area (Å²) in [6.07, 6.45) is 2.80. The minimum absolute atomic E-state index is 0.256. The highest BCUT2D eigenvalue weighted by molar-refractivity contribution is 5.90. The van der Waals surface area contributed by atoms with Crippen molar-refractivity contribution in [1.82, 2.24) is 15.1 Å². The number of carbonyl (C=O) groups is 1. The van der Waals surface area contributed by atoms with E-state index < -0.39 is 5.60 Å². The SMILES string of the molecule is COc1ccc([C@](C)(O)[C@H]2CCCN2C(=O)Nc2cccc(-c3nnco3)c2)cc1. The third-order valence-electron chi connectivity index (χ3n) is 5.56. The fourth-order valence-electron chi connectivity index (χ4n) is 3.94. The molecule has 8 nitrogen and oxygen atoms in total. The lowest BCUT2D eigenvalue weighted by molar-refractivity contribution is -0.00944. The van der Waals surface area contributed by atoms with Crippen LogP contribution in [0.25, 0.3) is 11.5 Å². The number of ether oxygens (including phenoxy) is 1. The fraction of sp³-hybridized carbons (Fsp3) is 0.318. The number of hydrogen-bond acceptors (Lipinski definition) is 6. The molecule has 3 aromatic rings. The van der Waals surface area contributed by atoms with E-state index >= 15 is 0 Å². The maximum absolute atomic E-state index is 13.0. The summed E-state index contributed by atoms with van der Waals surface area (Å²) in [5.74, 6) is 1.10. The lowest BCUT2D eigenvalue weighted by atomic mass is 9.86. The highest BCUT2D eigenvalue weighted by Crippen LogP contribution is 2.35. The van der Waals surface area contributed by atoms with Gasteiger partial charge in [-0.3, -0.25) is 0 Å². The molecule has 2 amide bonds. The van der Waals surface area contributed by atoms with E-state index in [1.807, 2.05) is 36.4 Å². The number of amides is 2. The van der Waals surface area contributed by atoms with Gasteiger partial charge < -0.3 is 24.5 Å². The van der Waals surface area contributed by atoms with Gasteiger partial charge in [-0.25, -0.2) is 4.79 Å². The van der Waals surface area contributed by atoms with Crippen molar-refractivity contribution in [3.05, 3.63) is 60.5 Å². The van der Waals surface area contributed by atoms with E-state index in [2.05, 4.69) is 15.5 Å². The number of nitrogens with zero attached hydrogens (tertiary/aromatic N) is 3. The highest BCUT2D eigenvalue weighted by Gasteiger charge is 2.42. The normalized spacial score (nSPS) is 18.1. The highest BCUT2D eigenvalue weighted by atomic mass is 16.5. The molecule has 0 spiro atoms. The summed E-state index contributed by atoms with van der Waals surface area (Å²) in [5, 5.41) is 21.8. The number of hydrogen-bond donors (Lipinski definition) is 2. The lowest BCUT2D eigenvalue weighted by Gasteiger charge is -2.37. The summed E-state index contributed by atoms with van der Waals surface area (Å²) in [6.45, 7) is 2.33. The quantitative estimate of drug-likeness (QED) is 0.668. The van der Waals surface area contributed by atoms with Gasteiger partial charge >= 0.3 is 6.03 Å². The average molecular weight is 408 g/mol. The Morgan fingerprint density at radius 3 is 2.80 bits per heavy atom. The molecule has 156 valence electrons. The number of carbonyl (C=O) groups excluding carboxylic acids is 1. The van der Waals surface area contributed by atoms with E-state index in [0.29, 0.717) is 30.1 Å². The van der Waals surface area contributed by atoms with Crippen LogP contribution < -0.4 is 10.1 Å². The van der Waals surface area contributed by atoms with E-state index in [1.54, 1.807) is 31.1 Å². The molecule has 0 radical (unpaired) electrons. The second-order valence-corrected chi connectivity index (χ2v) is 7.48. The molecule has 8 heteroatoms. The van der Waals surface area contributed by atoms with Crippen molar-refractivity contribution in [3.8, 4) is 17.2 Å². The van der Waals surface area contributed by atoms with Crippen LogP contribution >= 0.6 is 0 Å². The maximum atomic E-state index is 13.0. The number of benzene rings is 2. The van der Waals surface area contributed by atoms with Crippen molar-refractivity contribution in [2.75, 3.05) is 19.0 Å². The molecule has 2 heterocycles. The lowest BCUT2D eigenvalue weighted by Crippen LogP contribution is -2.49. The predicted octanol–water partition coefficient (Wildman–Crippen LogP) is 3.65. The van der Waals surface area contributed by atoms with Gasteiger partial charge in [0.1, 0.15) is 11.4 Å². The first-order chi connectivity index (χ1) is 14.5. The molecule has 4 rings (SSSR count). The summed E-state index contributed by atoms with van der Waals surface area (Å²) in [5.41, 5.74) is 0.886. The van der Waals surface area contributed by atoms with Crippen LogP contribution in [0.15, 0.2) is 59.3 Å². The van der Waals surface area contributed by atoms with Crippen molar-refractivity contribution in [2.45, 2.75) is 31.4 Å². The van der Waals surface area contributed by atoms with Crippen molar-refractivity contribution < 1.29 is 19.1 Å². The molecular weight excluding hydrogens is 384 g/mol. The first kappa shape index (κ1) is 19.9. The standard InChI is InChI=1S/C22H24N4O4/c1-22(28,16-8-10-18(29-2)11-9-16)19-7-4-12-26(19)21(27)24-17-6-3-5-15(13-17)20-25-23-14-30-20/h3,5-6,8-11,13-14,19,28H,4,7,12H2,1-2H3,(H,24,27)/t19-,22+/m1/s1. The van der Waals surface area contributed by atoms with Crippen LogP contribution in [0, 0.1) is 0 Å². The maximum Gasteiger partial charge on any atom is 0.322 e. The molecule has 2 atom stereocenters. The van der Waals surface area contributed by atoms with Crippen molar-refractivity contribution in [2.24, 2.45) is 0 Å². The third kappa shape index (κ3) is 3.86. The molecule has 1 saturated heterocycles. The van der Waals surface area contributed by atoms with Crippen LogP contribution in [-0.2, 0) is 5.60 Å². The second kappa shape index (κ2) is 8.16. The van der Waals surface area contributed by atoms with Crippen molar-refractivity contribution in [3.63, 3.8) is 0 Å². The smallest absolute Gasteiger partial charge is 0.322 e. The van der Waals surface area contributed by atoms with Gasteiger partial charge in [-0.1, -0.05) is 18.2 Å². The Kier molecular flexibility index (Phi) is 5.41. The topological polar surface area (TPSA) is 101 Å². The largest absolute Gasteiger partial charge is 0.497 e. The van der Waals surface area contributed by atoms with Gasteiger partial charge in [0.2, 0.25) is 12.3 Å². The summed E-state index contributed by atoms with van der Waals surface area (Å²) < 4.78 is 10.4. The Labute approximate surface area is 174 Å². The molecular formula is C22H24N4O4. The summed E-state index contributed by atoms with van der Waals surface area (Å²) in [4.78, 5) is 14.7. The van der Waals surface area contributed by atoms with Gasteiger partial charge in [-0.15, -0.1) is 10.2 Å². The molecule has 0 unspecified atom stereocenters. The predicted molar refractivity (Wildman–Crippen MR) is 111 cm³/mol. The van der Waals surface area contributed by atoms with Crippen LogP contribution in [0.4, 0.5) is 10.5 Å². The van der Waals surface area contributed by atoms with E-state index in [4.69, 9.17) is 9.15 Å². The first-order valence-corrected chi connectivity index (χ1v) is 9.80. The molecule has 2 N–H and O–H groups in total. The van der Waals surface area contributed by atoms with E-state index in [0.717, 1.165) is 17.7 Å². The average Bonchev–Trinajstić information content (AvgIpc) is 3.46. The van der Waals surface area contributed by atoms with Gasteiger partial charge in [0.15, 0.2) is 0 Å². The second-order valence-electron chi connectivity index (χ2n) is 7.48. The molecule has 1 aromatic heterocycles. The van der Waals surface area contributed by atoms with E-state index in [9.17, 15) is 9.90 Å². The Bertz CT molecular complexity index is 1000. The number of anilines is 1. The zero-order valence-electron chi connectivity index (χ0n) is 16.9. The number of aliphatic hydroxyl groups is 1. The molecule has 1 aliphatic rings. The summed E-state index contributed by atoms with van der Waals surface area (Å²) in [6, 6.07) is 13.9. The number of likely N-dealkylation sites (tertiary alicyclic amines) is 1. The fourth-order valence-corrected chi connectivity index (χ4v) is 3.94. The molecule has 2 aromatic carbocycles. The zero-order chi connectivity index (χ0) is 21.1. The minimum atomic E-state index is -1.19. The molecule has 30 heavy (non-hydrogen) atoms. The van der Waals surface area contributed by atoms with Gasteiger partial charge in [0.25, 0.3) is 0 Å². The Balaban J connectivity index is 1.51. The summed E-state index contributed by atoms with van der Waals surface area (Å²) >= 11 is 0. The van der Waals surface area contributed by atoms with Crippen LogP contribution in [-0.4, -0.2) is 45.9 Å². The number of nitrogens with one attached hydrogen (secondary N) is 1. The molecule has 1 fully saturated rings. The van der Waals surface area contributed by atoms with E-state index in [1.165, 1.54) is 6.39 Å². The Morgan fingerprint density at radius 2 is 2.10 bits per heavy atom. The van der Waals surface area contributed by atoms with Crippen LogP contribution in [0.3, 0.4) is 0 Å². The number of aromatic nitrogens is 2. The summed E-state index contributed by atoms with van der Waals surface area (Å²) in [7, 11) is 1.60. The third-order valence-corrected chi connectivity index (χ3v) is 5.56. The molecule has 0 bridgehead atoms. The molecule has 1 aliphatic heterocycles. The van der Waals surface area contributed by atoms with E-state index in [-0.39, 0.29) is 12.1 Å². The van der Waals surface area contributed by atoms with Gasteiger partial charge in [0.05, 0.1) is 13.2 Å². The van der Waals surface area contributed by atoms with Gasteiger partial charge in [0, 0.05) is 17.8 Å². The minimum Gasteiger partial charge on any atom is -0.497 e. The number of urea groups is 1. The Hall–Kier alpha value is -3.39. The van der Waals surface area contributed by atoms with Crippen LogP contribution in [0.5, 0.6) is 5.75 Å². The Morgan fingerprint density at radius 1 is 1.30 bits per heavy atom. The molecule has 0 saturated carbocycles. The monoisotopic (exact) mass is 408 g/mol. The number of methoxy groups -OCH3 is 1. The van der Waals surface area contributed by atoms with Crippen LogP contribution in [0.2, 0.25) is 0 Å². The zero-order valence-corrected chi connectivity index (χ0v) is 16.9. The first-order valence-electron chi connectivity index (χ1n) is 9.80. The molecule has 0 aliphatic carbocycles. The van der Waals surface area contributed by atoms with Crippen LogP contribution in [0.1, 0.15) is 25.3 Å². The van der Waals surface area contributed by atoms with Gasteiger partial charge in [-0.2, -0.15) is 0 Å². The van der Waals surface area contributed by atoms with Crippen molar-refractivity contribution >= 4 is 11.7 Å².